The number of hydrogen-bond donors (Lipinski definition) is 2. The first kappa shape index (κ1) is 17.9. The topological polar surface area (TPSA) is 83.5 Å². The van der Waals surface area contributed by atoms with Crippen LogP contribution in [0.2, 0.25) is 10.0 Å². The number of aliphatic carboxylic acids is 1. The first-order valence-electron chi connectivity index (χ1n) is 7.27. The summed E-state index contributed by atoms with van der Waals surface area (Å²) < 4.78 is 27.7. The van der Waals surface area contributed by atoms with E-state index in [1.54, 1.807) is 24.3 Å². The molecule has 0 spiro atoms. The minimum Gasteiger partial charge on any atom is -0.481 e. The van der Waals surface area contributed by atoms with E-state index in [1.165, 1.54) is 24.3 Å². The Hall–Kier alpha value is -1.86. The van der Waals surface area contributed by atoms with Crippen molar-refractivity contribution in [1.82, 2.24) is 4.72 Å². The molecule has 0 radical (unpaired) electrons. The summed E-state index contributed by atoms with van der Waals surface area (Å²) in [6.45, 7) is 0. The molecule has 0 aromatic heterocycles. The summed E-state index contributed by atoms with van der Waals surface area (Å²) in [5.41, 5.74) is 1.77. The summed E-state index contributed by atoms with van der Waals surface area (Å²) in [4.78, 5) is 11.1. The van der Waals surface area contributed by atoms with E-state index in [9.17, 15) is 13.2 Å². The molecule has 2 N–H and O–H groups in total. The van der Waals surface area contributed by atoms with Gasteiger partial charge < -0.3 is 5.11 Å². The number of hydrogen-bond acceptors (Lipinski definition) is 3. The maximum absolute atomic E-state index is 12.5. The smallest absolute Gasteiger partial charge is 0.307 e. The Labute approximate surface area is 154 Å². The van der Waals surface area contributed by atoms with Gasteiger partial charge in [-0.05, 0) is 47.0 Å². The fourth-order valence-electron chi connectivity index (χ4n) is 2.70. The molecule has 1 atom stereocenters. The van der Waals surface area contributed by atoms with Crippen molar-refractivity contribution >= 4 is 45.3 Å². The van der Waals surface area contributed by atoms with Crippen LogP contribution in [0.15, 0.2) is 47.4 Å². The predicted molar refractivity (Wildman–Crippen MR) is 96.3 cm³/mol. The van der Waals surface area contributed by atoms with Crippen LogP contribution in [0.5, 0.6) is 0 Å². The van der Waals surface area contributed by atoms with E-state index < -0.39 is 22.0 Å². The van der Waals surface area contributed by atoms with Gasteiger partial charge in [0.1, 0.15) is 0 Å². The average molecular weight is 398 g/mol. The first-order valence-corrected chi connectivity index (χ1v) is 9.51. The van der Waals surface area contributed by atoms with E-state index in [0.29, 0.717) is 26.7 Å². The van der Waals surface area contributed by atoms with Gasteiger partial charge in [0, 0.05) is 10.0 Å². The van der Waals surface area contributed by atoms with E-state index in [1.807, 2.05) is 0 Å². The van der Waals surface area contributed by atoms with Crippen molar-refractivity contribution in [1.29, 1.82) is 0 Å². The fraction of sp³-hybridized carbons (Fsp3) is 0.118. The summed E-state index contributed by atoms with van der Waals surface area (Å²) in [5.74, 6) is -1.01. The summed E-state index contributed by atoms with van der Waals surface area (Å²) in [5, 5.41) is 9.82. The quantitative estimate of drug-likeness (QED) is 0.805. The van der Waals surface area contributed by atoms with Crippen molar-refractivity contribution in [3.05, 3.63) is 69.2 Å². The Morgan fingerprint density at radius 2 is 1.80 bits per heavy atom. The number of halogens is 2. The second-order valence-electron chi connectivity index (χ2n) is 5.51. The Kier molecular flexibility index (Phi) is 4.88. The molecule has 3 rings (SSSR count). The molecule has 0 amide bonds. The average Bonchev–Trinajstić information content (AvgIpc) is 2.93. The molecule has 1 aliphatic rings. The molecule has 2 aromatic carbocycles. The zero-order valence-corrected chi connectivity index (χ0v) is 15.1. The van der Waals surface area contributed by atoms with Crippen LogP contribution in [0.3, 0.4) is 0 Å². The molecule has 0 aliphatic heterocycles. The molecule has 0 bridgehead atoms. The number of carboxylic acids is 1. The molecule has 8 heteroatoms. The molecule has 2 aromatic rings. The highest BCUT2D eigenvalue weighted by atomic mass is 35.5. The molecule has 5 nitrogen and oxygen atoms in total. The minimum absolute atomic E-state index is 0.0958. The molecule has 0 heterocycles. The normalized spacial score (nSPS) is 16.0. The highest BCUT2D eigenvalue weighted by Gasteiger charge is 2.26. The van der Waals surface area contributed by atoms with Gasteiger partial charge >= 0.3 is 5.97 Å². The second-order valence-corrected chi connectivity index (χ2v) is 8.07. The van der Waals surface area contributed by atoms with E-state index in [2.05, 4.69) is 4.72 Å². The highest BCUT2D eigenvalue weighted by molar-refractivity contribution is 7.89. The largest absolute Gasteiger partial charge is 0.481 e. The molecular weight excluding hydrogens is 385 g/mol. The van der Waals surface area contributed by atoms with Gasteiger partial charge in [0.25, 0.3) is 0 Å². The Morgan fingerprint density at radius 1 is 1.12 bits per heavy atom. The van der Waals surface area contributed by atoms with E-state index in [0.717, 1.165) is 0 Å². The van der Waals surface area contributed by atoms with Crippen LogP contribution in [0.1, 0.15) is 22.7 Å². The number of benzene rings is 2. The lowest BCUT2D eigenvalue weighted by Gasteiger charge is -2.16. The van der Waals surface area contributed by atoms with E-state index in [4.69, 9.17) is 28.3 Å². The van der Waals surface area contributed by atoms with Gasteiger partial charge in [-0.1, -0.05) is 41.4 Å². The third kappa shape index (κ3) is 3.72. The summed E-state index contributed by atoms with van der Waals surface area (Å²) in [7, 11) is -3.76. The van der Waals surface area contributed by atoms with E-state index in [-0.39, 0.29) is 11.3 Å². The van der Waals surface area contributed by atoms with Gasteiger partial charge in [0.15, 0.2) is 0 Å². The van der Waals surface area contributed by atoms with Gasteiger partial charge in [0.2, 0.25) is 10.0 Å². The van der Waals surface area contributed by atoms with Crippen molar-refractivity contribution in [2.75, 3.05) is 0 Å². The lowest BCUT2D eigenvalue weighted by atomic mass is 9.99. The minimum atomic E-state index is -3.76. The van der Waals surface area contributed by atoms with Crippen molar-refractivity contribution in [3.8, 4) is 0 Å². The first-order chi connectivity index (χ1) is 11.8. The zero-order chi connectivity index (χ0) is 18.2. The third-order valence-corrected chi connectivity index (χ3v) is 5.92. The van der Waals surface area contributed by atoms with Crippen molar-refractivity contribution in [2.24, 2.45) is 0 Å². The monoisotopic (exact) mass is 397 g/mol. The number of sulfonamides is 1. The zero-order valence-electron chi connectivity index (χ0n) is 12.7. The standard InChI is InChI=1S/C17H13Cl2NO4S/c18-10-1-3-11(4-2-10)25(23,24)20-16-8-6-12-13(16)5-7-15(19)14(12)9-17(21)22/h1-8,16,20H,9H2,(H,21,22). The number of fused-ring (bicyclic) bond motifs is 1. The third-order valence-electron chi connectivity index (χ3n) is 3.86. The molecular formula is C17H13Cl2NO4S. The Bertz CT molecular complexity index is 969. The van der Waals surface area contributed by atoms with Crippen LogP contribution in [-0.4, -0.2) is 19.5 Å². The Balaban J connectivity index is 1.92. The molecule has 25 heavy (non-hydrogen) atoms. The van der Waals surface area contributed by atoms with E-state index >= 15 is 0 Å². The van der Waals surface area contributed by atoms with Crippen LogP contribution < -0.4 is 4.72 Å². The summed E-state index contributed by atoms with van der Waals surface area (Å²) >= 11 is 11.9. The maximum Gasteiger partial charge on any atom is 0.307 e. The van der Waals surface area contributed by atoms with Crippen LogP contribution in [0.4, 0.5) is 0 Å². The van der Waals surface area contributed by atoms with Gasteiger partial charge in [0.05, 0.1) is 17.4 Å². The van der Waals surface area contributed by atoms with Crippen LogP contribution in [0.25, 0.3) is 6.08 Å². The predicted octanol–water partition coefficient (Wildman–Crippen LogP) is 3.67. The van der Waals surface area contributed by atoms with Crippen molar-refractivity contribution < 1.29 is 18.3 Å². The number of rotatable bonds is 5. The lowest BCUT2D eigenvalue weighted by Crippen LogP contribution is -2.27. The second kappa shape index (κ2) is 6.80. The summed E-state index contributed by atoms with van der Waals surface area (Å²) in [6, 6.07) is 8.51. The van der Waals surface area contributed by atoms with Crippen molar-refractivity contribution in [2.45, 2.75) is 17.4 Å². The van der Waals surface area contributed by atoms with Crippen molar-refractivity contribution in [3.63, 3.8) is 0 Å². The number of carboxylic acid groups (broad SMARTS) is 1. The van der Waals surface area contributed by atoms with Crippen LogP contribution >= 0.6 is 23.2 Å². The van der Waals surface area contributed by atoms with Gasteiger partial charge in [-0.15, -0.1) is 0 Å². The lowest BCUT2D eigenvalue weighted by molar-refractivity contribution is -0.136. The number of carbonyl (C=O) groups is 1. The summed E-state index contributed by atoms with van der Waals surface area (Å²) in [6.07, 6.45) is 3.12. The molecule has 0 saturated carbocycles. The SMILES string of the molecule is O=C(O)Cc1c(Cl)ccc2c1C=CC2NS(=O)(=O)c1ccc(Cl)cc1. The van der Waals surface area contributed by atoms with Crippen LogP contribution in [0, 0.1) is 0 Å². The molecule has 1 unspecified atom stereocenters. The molecule has 1 aliphatic carbocycles. The van der Waals surface area contributed by atoms with Gasteiger partial charge in [-0.2, -0.15) is 4.72 Å². The molecule has 0 fully saturated rings. The number of nitrogens with one attached hydrogen (secondary N) is 1. The fourth-order valence-corrected chi connectivity index (χ4v) is 4.23. The van der Waals surface area contributed by atoms with Gasteiger partial charge in [-0.25, -0.2) is 8.42 Å². The maximum atomic E-state index is 12.5. The van der Waals surface area contributed by atoms with Crippen LogP contribution in [-0.2, 0) is 21.2 Å². The molecule has 130 valence electrons. The Morgan fingerprint density at radius 3 is 2.44 bits per heavy atom. The highest BCUT2D eigenvalue weighted by Crippen LogP contribution is 2.35. The molecule has 0 saturated heterocycles. The van der Waals surface area contributed by atoms with Gasteiger partial charge in [-0.3, -0.25) is 4.79 Å².